The molecule has 0 aliphatic carbocycles. The van der Waals surface area contributed by atoms with E-state index in [0.717, 1.165) is 5.56 Å². The second-order valence-corrected chi connectivity index (χ2v) is 9.23. The number of ether oxygens (including phenoxy) is 1. The van der Waals surface area contributed by atoms with E-state index in [0.29, 0.717) is 22.1 Å². The van der Waals surface area contributed by atoms with Gasteiger partial charge in [0.2, 0.25) is 11.8 Å². The molecule has 2 N–H and O–H groups in total. The van der Waals surface area contributed by atoms with Crippen LogP contribution in [-0.4, -0.2) is 40.6 Å². The van der Waals surface area contributed by atoms with Crippen LogP contribution in [0, 0.1) is 6.92 Å². The largest absolute Gasteiger partial charge is 0.454 e. The Morgan fingerprint density at radius 3 is 2.31 bits per heavy atom. The highest BCUT2D eigenvalue weighted by Gasteiger charge is 2.32. The number of rotatable bonds is 8. The van der Waals surface area contributed by atoms with Crippen LogP contribution in [0.15, 0.2) is 83.9 Å². The van der Waals surface area contributed by atoms with Gasteiger partial charge in [-0.05, 0) is 43.3 Å². The van der Waals surface area contributed by atoms with Crippen LogP contribution < -0.4 is 10.6 Å². The number of aliphatic imine (C=N–C) groups is 1. The Morgan fingerprint density at radius 2 is 1.61 bits per heavy atom. The van der Waals surface area contributed by atoms with E-state index in [1.165, 1.54) is 23.9 Å². The molecule has 3 aromatic carbocycles. The van der Waals surface area contributed by atoms with Crippen LogP contribution in [0.3, 0.4) is 0 Å². The fraction of sp³-hybridized carbons (Fsp3) is 0.148. The Bertz CT molecular complexity index is 1310. The number of hydrogen-bond acceptors (Lipinski definition) is 7. The number of carbonyl (C=O) groups excluding carboxylic acids is 4. The van der Waals surface area contributed by atoms with Gasteiger partial charge in [0.05, 0.1) is 11.3 Å². The quantitative estimate of drug-likeness (QED) is 0.352. The van der Waals surface area contributed by atoms with Crippen molar-refractivity contribution in [2.24, 2.45) is 4.99 Å². The zero-order valence-electron chi connectivity index (χ0n) is 19.4. The highest BCUT2D eigenvalue weighted by atomic mass is 32.2. The van der Waals surface area contributed by atoms with Gasteiger partial charge in [-0.25, -0.2) is 9.79 Å². The van der Waals surface area contributed by atoms with Crippen LogP contribution in [0.4, 0.5) is 11.4 Å². The Hall–Kier alpha value is -4.24. The summed E-state index contributed by atoms with van der Waals surface area (Å²) < 4.78 is 5.11. The van der Waals surface area contributed by atoms with Gasteiger partial charge in [-0.1, -0.05) is 59.8 Å². The van der Waals surface area contributed by atoms with Crippen molar-refractivity contribution in [1.29, 1.82) is 0 Å². The van der Waals surface area contributed by atoms with E-state index in [1.54, 1.807) is 24.3 Å². The minimum Gasteiger partial charge on any atom is -0.454 e. The van der Waals surface area contributed by atoms with Gasteiger partial charge in [0.25, 0.3) is 0 Å². The van der Waals surface area contributed by atoms with Crippen LogP contribution in [-0.2, 0) is 14.3 Å². The molecule has 8 nitrogen and oxygen atoms in total. The Balaban J connectivity index is 1.26. The number of thioether (sulfide) groups is 1. The Morgan fingerprint density at radius 1 is 0.944 bits per heavy atom. The number of hydrogen-bond donors (Lipinski definition) is 2. The number of nitrogens with zero attached hydrogens (tertiary/aromatic N) is 1. The monoisotopic (exact) mass is 501 g/mol. The summed E-state index contributed by atoms with van der Waals surface area (Å²) in [6, 6.07) is 22.3. The number of anilines is 1. The first kappa shape index (κ1) is 24.9. The number of carbonyl (C=O) groups is 4. The van der Waals surface area contributed by atoms with E-state index < -0.39 is 11.2 Å². The molecular formula is C27H23N3O5S. The maximum absolute atomic E-state index is 12.5. The number of Topliss-reactive ketones (excluding diaryl/α,β-unsaturated/α-hetero) is 1. The van der Waals surface area contributed by atoms with Gasteiger partial charge in [0, 0.05) is 17.7 Å². The number of amidine groups is 1. The van der Waals surface area contributed by atoms with Gasteiger partial charge in [-0.15, -0.1) is 0 Å². The zero-order chi connectivity index (χ0) is 25.5. The summed E-state index contributed by atoms with van der Waals surface area (Å²) >= 11 is 1.21. The maximum atomic E-state index is 12.5. The van der Waals surface area contributed by atoms with E-state index in [1.807, 2.05) is 49.4 Å². The third-order valence-electron chi connectivity index (χ3n) is 5.25. The average molecular weight is 502 g/mol. The predicted octanol–water partition coefficient (Wildman–Crippen LogP) is 4.28. The van der Waals surface area contributed by atoms with Crippen molar-refractivity contribution in [2.75, 3.05) is 11.9 Å². The Labute approximate surface area is 212 Å². The van der Waals surface area contributed by atoms with Crippen LogP contribution >= 0.6 is 11.8 Å². The SMILES string of the molecule is Cc1ccc(C(=O)COC(=O)c2ccc(NC(=O)C[C@H]3SC(=Nc4ccccc4)NC3=O)cc2)cc1. The first-order valence-corrected chi connectivity index (χ1v) is 12.0. The first-order valence-electron chi connectivity index (χ1n) is 11.2. The minimum absolute atomic E-state index is 0.0325. The molecule has 4 rings (SSSR count). The topological polar surface area (TPSA) is 114 Å². The number of para-hydroxylation sites is 1. The molecule has 0 saturated carbocycles. The first-order chi connectivity index (χ1) is 17.4. The minimum atomic E-state index is -0.641. The summed E-state index contributed by atoms with van der Waals surface area (Å²) in [6.07, 6.45) is -0.0325. The van der Waals surface area contributed by atoms with Crippen molar-refractivity contribution in [3.05, 3.63) is 95.6 Å². The van der Waals surface area contributed by atoms with E-state index in [9.17, 15) is 19.2 Å². The molecule has 3 aromatic rings. The molecule has 1 heterocycles. The fourth-order valence-corrected chi connectivity index (χ4v) is 4.31. The maximum Gasteiger partial charge on any atom is 0.338 e. The smallest absolute Gasteiger partial charge is 0.338 e. The van der Waals surface area contributed by atoms with E-state index >= 15 is 0 Å². The normalized spacial score (nSPS) is 15.9. The number of esters is 1. The molecule has 0 bridgehead atoms. The highest BCUT2D eigenvalue weighted by Crippen LogP contribution is 2.25. The number of benzene rings is 3. The average Bonchev–Trinajstić information content (AvgIpc) is 3.21. The molecule has 9 heteroatoms. The van der Waals surface area contributed by atoms with E-state index in [2.05, 4.69) is 15.6 Å². The van der Waals surface area contributed by atoms with Crippen molar-refractivity contribution < 1.29 is 23.9 Å². The molecule has 1 aliphatic rings. The standard InChI is InChI=1S/C27H23N3O5S/c1-17-7-9-18(10-8-17)22(31)16-35-26(34)19-11-13-21(14-12-19)28-24(32)15-23-25(33)30-27(36-23)29-20-5-3-2-4-6-20/h2-14,23H,15-16H2,1H3,(H,28,32)(H,29,30,33)/t23-/m1/s1. The Kier molecular flexibility index (Phi) is 7.92. The molecule has 1 fully saturated rings. The van der Waals surface area contributed by atoms with Gasteiger partial charge in [-0.3, -0.25) is 14.4 Å². The lowest BCUT2D eigenvalue weighted by atomic mass is 10.1. The van der Waals surface area contributed by atoms with Gasteiger partial charge in [-0.2, -0.15) is 0 Å². The van der Waals surface area contributed by atoms with Crippen LogP contribution in [0.5, 0.6) is 0 Å². The summed E-state index contributed by atoms with van der Waals surface area (Å²) in [5, 5.41) is 5.27. The van der Waals surface area contributed by atoms with Gasteiger partial charge in [0.15, 0.2) is 17.6 Å². The summed E-state index contributed by atoms with van der Waals surface area (Å²) in [4.78, 5) is 53.5. The van der Waals surface area contributed by atoms with Crippen LogP contribution in [0.25, 0.3) is 0 Å². The molecule has 0 aromatic heterocycles. The van der Waals surface area contributed by atoms with Crippen LogP contribution in [0.2, 0.25) is 0 Å². The molecule has 1 aliphatic heterocycles. The third-order valence-corrected chi connectivity index (χ3v) is 6.33. The molecule has 1 atom stereocenters. The summed E-state index contributed by atoms with van der Waals surface area (Å²) in [6.45, 7) is 1.56. The van der Waals surface area contributed by atoms with Gasteiger partial charge < -0.3 is 15.4 Å². The zero-order valence-corrected chi connectivity index (χ0v) is 20.2. The molecule has 0 spiro atoms. The number of ketones is 1. The lowest BCUT2D eigenvalue weighted by molar-refractivity contribution is -0.122. The second kappa shape index (κ2) is 11.5. The van der Waals surface area contributed by atoms with E-state index in [-0.39, 0.29) is 36.2 Å². The van der Waals surface area contributed by atoms with Crippen molar-refractivity contribution in [3.63, 3.8) is 0 Å². The number of aryl methyl sites for hydroxylation is 1. The molecule has 2 amide bonds. The second-order valence-electron chi connectivity index (χ2n) is 8.04. The molecule has 0 radical (unpaired) electrons. The lowest BCUT2D eigenvalue weighted by Crippen LogP contribution is -2.28. The van der Waals surface area contributed by atoms with Crippen molar-refractivity contribution in [1.82, 2.24) is 5.32 Å². The summed E-state index contributed by atoms with van der Waals surface area (Å²) in [7, 11) is 0. The number of nitrogens with one attached hydrogen (secondary N) is 2. The fourth-order valence-electron chi connectivity index (χ4n) is 3.32. The molecule has 182 valence electrons. The van der Waals surface area contributed by atoms with Gasteiger partial charge in [0.1, 0.15) is 5.25 Å². The molecular weight excluding hydrogens is 478 g/mol. The van der Waals surface area contributed by atoms with Crippen molar-refractivity contribution in [3.8, 4) is 0 Å². The lowest BCUT2D eigenvalue weighted by Gasteiger charge is -2.09. The molecule has 1 saturated heterocycles. The van der Waals surface area contributed by atoms with Crippen LogP contribution in [0.1, 0.15) is 32.7 Å². The number of amides is 2. The van der Waals surface area contributed by atoms with Crippen molar-refractivity contribution >= 4 is 51.9 Å². The molecule has 0 unspecified atom stereocenters. The molecule has 36 heavy (non-hydrogen) atoms. The predicted molar refractivity (Wildman–Crippen MR) is 139 cm³/mol. The highest BCUT2D eigenvalue weighted by molar-refractivity contribution is 8.15. The van der Waals surface area contributed by atoms with E-state index in [4.69, 9.17) is 4.74 Å². The summed E-state index contributed by atoms with van der Waals surface area (Å²) in [5.41, 5.74) is 2.93. The van der Waals surface area contributed by atoms with Gasteiger partial charge >= 0.3 is 5.97 Å². The van der Waals surface area contributed by atoms with Crippen molar-refractivity contribution in [2.45, 2.75) is 18.6 Å². The summed E-state index contributed by atoms with van der Waals surface area (Å²) in [5.74, 6) is -1.55. The third kappa shape index (κ3) is 6.67.